The molecule has 0 amide bonds. The fraction of sp³-hybridized carbons (Fsp3) is 1.00. The Balaban J connectivity index is 2.51. The first-order valence-corrected chi connectivity index (χ1v) is 4.20. The maximum absolute atomic E-state index is 11.1. The number of nitroso groups, excluding NO2 is 1. The van der Waals surface area contributed by atoms with Gasteiger partial charge in [0.05, 0.1) is 7.11 Å². The van der Waals surface area contributed by atoms with Crippen LogP contribution in [-0.4, -0.2) is 19.2 Å². The van der Waals surface area contributed by atoms with Crippen molar-refractivity contribution < 1.29 is 10.1 Å². The third kappa shape index (κ3) is 2.00. The lowest BCUT2D eigenvalue weighted by atomic mass is 9.91. The van der Waals surface area contributed by atoms with Crippen molar-refractivity contribution in [2.45, 2.75) is 37.8 Å². The predicted molar refractivity (Wildman–Crippen MR) is 43.2 cm³/mol. The van der Waals surface area contributed by atoms with Gasteiger partial charge in [-0.2, -0.15) is 4.91 Å². The lowest BCUT2D eigenvalue weighted by Gasteiger charge is -2.32. The molecule has 3 unspecified atom stereocenters. The minimum atomic E-state index is -0.355. The average Bonchev–Trinajstić information content (AvgIpc) is 2.16. The second-order valence-corrected chi connectivity index (χ2v) is 3.09. The summed E-state index contributed by atoms with van der Waals surface area (Å²) in [6.07, 6.45) is 3.45. The van der Waals surface area contributed by atoms with Crippen molar-refractivity contribution in [3.05, 3.63) is 10.1 Å². The number of nitrogens with one attached hydrogen (secondary N) is 1. The summed E-state index contributed by atoms with van der Waals surface area (Å²) in [5, 5.41) is 13.8. The first kappa shape index (κ1) is 9.57. The van der Waals surface area contributed by atoms with Crippen LogP contribution in [0.25, 0.3) is 0 Å². The monoisotopic (exact) mass is 174 g/mol. The molecule has 0 saturated heterocycles. The summed E-state index contributed by atoms with van der Waals surface area (Å²) >= 11 is 0. The Morgan fingerprint density at radius 2 is 2.17 bits per heavy atom. The topological polar surface area (TPSA) is 66.2 Å². The fourth-order valence-electron chi connectivity index (χ4n) is 1.66. The minimum Gasteiger partial charge on any atom is -0.600 e. The molecule has 0 aliphatic heterocycles. The fourth-order valence-corrected chi connectivity index (χ4v) is 1.66. The van der Waals surface area contributed by atoms with Crippen LogP contribution in [0.15, 0.2) is 5.18 Å². The van der Waals surface area contributed by atoms with E-state index >= 15 is 0 Å². The van der Waals surface area contributed by atoms with E-state index in [0.29, 0.717) is 0 Å². The Morgan fingerprint density at radius 3 is 2.75 bits per heavy atom. The van der Waals surface area contributed by atoms with Crippen LogP contribution in [0.2, 0.25) is 0 Å². The molecule has 0 radical (unpaired) electrons. The van der Waals surface area contributed by atoms with Crippen molar-refractivity contribution in [2.24, 2.45) is 5.18 Å². The van der Waals surface area contributed by atoms with Crippen LogP contribution in [0, 0.1) is 10.1 Å². The number of rotatable bonds is 3. The molecule has 0 bridgehead atoms. The van der Waals surface area contributed by atoms with E-state index in [4.69, 9.17) is 0 Å². The summed E-state index contributed by atoms with van der Waals surface area (Å²) in [6.45, 7) is 0. The van der Waals surface area contributed by atoms with Crippen LogP contribution in [0.4, 0.5) is 0 Å². The quantitative estimate of drug-likeness (QED) is 0.484. The van der Waals surface area contributed by atoms with E-state index in [1.165, 1.54) is 7.11 Å². The van der Waals surface area contributed by atoms with Gasteiger partial charge in [-0.1, -0.05) is 11.6 Å². The van der Waals surface area contributed by atoms with Gasteiger partial charge in [0.25, 0.3) is 0 Å². The molecule has 0 aromatic heterocycles. The Bertz CT molecular complexity index is 154. The van der Waals surface area contributed by atoms with Gasteiger partial charge in [0, 0.05) is 6.42 Å². The van der Waals surface area contributed by atoms with E-state index in [-0.39, 0.29) is 17.3 Å². The molecule has 70 valence electrons. The highest BCUT2D eigenvalue weighted by atomic mass is 16.9. The standard InChI is InChI=1S/C7H14N2O3/c1-12-9(11)7-5-3-2-4-6(7)8-10/h6-7,9H,2-5H2,1H3. The van der Waals surface area contributed by atoms with Gasteiger partial charge in [0.2, 0.25) is 0 Å². The molecule has 0 aromatic carbocycles. The van der Waals surface area contributed by atoms with E-state index in [0.717, 1.165) is 25.7 Å². The zero-order chi connectivity index (χ0) is 8.97. The number of nitrogens with zero attached hydrogens (tertiary/aromatic N) is 1. The zero-order valence-corrected chi connectivity index (χ0v) is 7.16. The van der Waals surface area contributed by atoms with Crippen molar-refractivity contribution in [1.82, 2.24) is 0 Å². The van der Waals surface area contributed by atoms with Gasteiger partial charge < -0.3 is 5.21 Å². The van der Waals surface area contributed by atoms with Crippen molar-refractivity contribution in [3.8, 4) is 0 Å². The van der Waals surface area contributed by atoms with E-state index in [1.54, 1.807) is 0 Å². The van der Waals surface area contributed by atoms with Crippen molar-refractivity contribution in [1.29, 1.82) is 0 Å². The summed E-state index contributed by atoms with van der Waals surface area (Å²) in [6, 6.07) is -0.646. The van der Waals surface area contributed by atoms with Gasteiger partial charge in [-0.05, 0) is 12.8 Å². The van der Waals surface area contributed by atoms with E-state index < -0.39 is 0 Å². The molecule has 0 aromatic rings. The molecule has 0 spiro atoms. The summed E-state index contributed by atoms with van der Waals surface area (Å²) in [7, 11) is 1.35. The Labute approximate surface area is 71.2 Å². The highest BCUT2D eigenvalue weighted by molar-refractivity contribution is 4.79. The van der Waals surface area contributed by atoms with Crippen LogP contribution in [0.1, 0.15) is 25.7 Å². The average molecular weight is 174 g/mol. The molecule has 3 atom stereocenters. The minimum absolute atomic E-state index is 0.291. The summed E-state index contributed by atoms with van der Waals surface area (Å²) in [4.78, 5) is 14.9. The molecule has 1 aliphatic rings. The summed E-state index contributed by atoms with van der Waals surface area (Å²) in [5.41, 5.74) is 0. The molecule has 5 nitrogen and oxygen atoms in total. The summed E-state index contributed by atoms with van der Waals surface area (Å²) < 4.78 is 0. The van der Waals surface area contributed by atoms with Gasteiger partial charge >= 0.3 is 0 Å². The molecular formula is C7H14N2O3. The molecule has 12 heavy (non-hydrogen) atoms. The van der Waals surface area contributed by atoms with Crippen molar-refractivity contribution in [2.75, 3.05) is 7.11 Å². The Kier molecular flexibility index (Phi) is 3.58. The van der Waals surface area contributed by atoms with Gasteiger partial charge in [-0.15, -0.1) is 0 Å². The molecule has 1 aliphatic carbocycles. The Hall–Kier alpha value is -0.520. The first-order valence-electron chi connectivity index (χ1n) is 4.20. The lowest BCUT2D eigenvalue weighted by molar-refractivity contribution is -1.07. The molecule has 0 heterocycles. The second-order valence-electron chi connectivity index (χ2n) is 3.09. The van der Waals surface area contributed by atoms with Crippen LogP contribution >= 0.6 is 0 Å². The number of quaternary nitrogens is 1. The number of hydrogen-bond donors (Lipinski definition) is 1. The van der Waals surface area contributed by atoms with Gasteiger partial charge in [0.15, 0.2) is 0 Å². The zero-order valence-electron chi connectivity index (χ0n) is 7.16. The first-order chi connectivity index (χ1) is 5.79. The SMILES string of the molecule is CO[NH+]([O-])C1CCCCC1N=O. The molecular weight excluding hydrogens is 160 g/mol. The van der Waals surface area contributed by atoms with Crippen LogP contribution in [0.5, 0.6) is 0 Å². The maximum Gasteiger partial charge on any atom is 0.147 e. The van der Waals surface area contributed by atoms with Crippen LogP contribution < -0.4 is 5.23 Å². The van der Waals surface area contributed by atoms with Crippen LogP contribution in [-0.2, 0) is 4.84 Å². The van der Waals surface area contributed by atoms with Crippen molar-refractivity contribution >= 4 is 0 Å². The maximum atomic E-state index is 11.1. The third-order valence-electron chi connectivity index (χ3n) is 2.37. The lowest BCUT2D eigenvalue weighted by Crippen LogP contribution is -3.11. The van der Waals surface area contributed by atoms with Gasteiger partial charge in [0.1, 0.15) is 12.1 Å². The second kappa shape index (κ2) is 4.49. The third-order valence-corrected chi connectivity index (χ3v) is 2.37. The summed E-state index contributed by atoms with van der Waals surface area (Å²) in [5.74, 6) is 0. The van der Waals surface area contributed by atoms with E-state index in [1.807, 2.05) is 0 Å². The largest absolute Gasteiger partial charge is 0.600 e. The molecule has 1 N–H and O–H groups in total. The highest BCUT2D eigenvalue weighted by Crippen LogP contribution is 2.19. The molecule has 5 heteroatoms. The van der Waals surface area contributed by atoms with Crippen molar-refractivity contribution in [3.63, 3.8) is 0 Å². The normalized spacial score (nSPS) is 32.8. The molecule has 1 rings (SSSR count). The predicted octanol–water partition coefficient (Wildman–Crippen LogP) is 0.00810. The van der Waals surface area contributed by atoms with Crippen LogP contribution in [0.3, 0.4) is 0 Å². The van der Waals surface area contributed by atoms with E-state index in [9.17, 15) is 10.1 Å². The van der Waals surface area contributed by atoms with Gasteiger partial charge in [-0.3, -0.25) is 0 Å². The molecule has 1 fully saturated rings. The number of hydrogen-bond acceptors (Lipinski definition) is 4. The van der Waals surface area contributed by atoms with E-state index in [2.05, 4.69) is 10.0 Å². The van der Waals surface area contributed by atoms with Gasteiger partial charge in [-0.25, -0.2) is 10.1 Å². The smallest absolute Gasteiger partial charge is 0.147 e. The Morgan fingerprint density at radius 1 is 1.50 bits per heavy atom. The number of hydroxylamine groups is 2. The molecule has 1 saturated carbocycles. The highest BCUT2D eigenvalue weighted by Gasteiger charge is 2.31.